The Morgan fingerprint density at radius 1 is 1.41 bits per heavy atom. The lowest BCUT2D eigenvalue weighted by Gasteiger charge is -2.29. The normalized spacial score (nSPS) is 25.0. The number of nitrogens with one attached hydrogen (secondary N) is 1. The maximum Gasteiger partial charge on any atom is 0.0945 e. The van der Waals surface area contributed by atoms with Crippen LogP contribution in [0.5, 0.6) is 0 Å². The number of aryl methyl sites for hydroxylation is 1. The zero-order chi connectivity index (χ0) is 11.9. The number of hydrogen-bond donors (Lipinski definition) is 1. The van der Waals surface area contributed by atoms with Gasteiger partial charge < -0.3 is 9.88 Å². The van der Waals surface area contributed by atoms with Crippen molar-refractivity contribution in [3.05, 3.63) is 18.7 Å². The fourth-order valence-corrected chi connectivity index (χ4v) is 2.83. The van der Waals surface area contributed by atoms with E-state index in [0.717, 1.165) is 25.0 Å². The molecule has 0 radical (unpaired) electrons. The van der Waals surface area contributed by atoms with Gasteiger partial charge in [-0.05, 0) is 31.7 Å². The smallest absolute Gasteiger partial charge is 0.0945 e. The molecule has 96 valence electrons. The molecule has 2 unspecified atom stereocenters. The van der Waals surface area contributed by atoms with E-state index in [1.165, 1.54) is 38.5 Å². The fraction of sp³-hybridized carbons (Fsp3) is 0.786. The fourth-order valence-electron chi connectivity index (χ4n) is 2.83. The van der Waals surface area contributed by atoms with Crippen molar-refractivity contribution < 1.29 is 0 Å². The molecule has 1 aliphatic rings. The molecule has 1 aromatic rings. The maximum absolute atomic E-state index is 4.05. The predicted molar refractivity (Wildman–Crippen MR) is 70.9 cm³/mol. The molecule has 3 heteroatoms. The van der Waals surface area contributed by atoms with Crippen LogP contribution in [-0.4, -0.2) is 22.1 Å². The molecule has 0 amide bonds. The van der Waals surface area contributed by atoms with Crippen LogP contribution in [0.25, 0.3) is 0 Å². The van der Waals surface area contributed by atoms with E-state index in [0.29, 0.717) is 0 Å². The van der Waals surface area contributed by atoms with Crippen LogP contribution in [0, 0.1) is 5.92 Å². The first-order valence-corrected chi connectivity index (χ1v) is 7.07. The zero-order valence-electron chi connectivity index (χ0n) is 10.9. The monoisotopic (exact) mass is 235 g/mol. The summed E-state index contributed by atoms with van der Waals surface area (Å²) < 4.78 is 2.15. The second kappa shape index (κ2) is 6.80. The highest BCUT2D eigenvalue weighted by molar-refractivity contribution is 4.78. The summed E-state index contributed by atoms with van der Waals surface area (Å²) in [7, 11) is 0. The molecule has 1 saturated carbocycles. The Kier molecular flexibility index (Phi) is 5.05. The standard InChI is InChI=1S/C14H25N3/c1-2-13-5-3-6-14(11-13)16-7-4-9-17-10-8-15-12-17/h8,10,12-14,16H,2-7,9,11H2,1H3. The molecule has 0 saturated heterocycles. The second-order valence-electron chi connectivity index (χ2n) is 5.25. The molecule has 3 nitrogen and oxygen atoms in total. The molecule has 17 heavy (non-hydrogen) atoms. The number of hydrogen-bond acceptors (Lipinski definition) is 2. The van der Waals surface area contributed by atoms with E-state index in [1.807, 2.05) is 18.7 Å². The number of nitrogens with zero attached hydrogens (tertiary/aromatic N) is 2. The largest absolute Gasteiger partial charge is 0.337 e. The van der Waals surface area contributed by atoms with Gasteiger partial charge in [-0.1, -0.05) is 26.2 Å². The Labute approximate surface area is 105 Å². The van der Waals surface area contributed by atoms with Crippen LogP contribution >= 0.6 is 0 Å². The van der Waals surface area contributed by atoms with Crippen molar-refractivity contribution in [1.82, 2.24) is 14.9 Å². The summed E-state index contributed by atoms with van der Waals surface area (Å²) in [6.45, 7) is 4.54. The highest BCUT2D eigenvalue weighted by Crippen LogP contribution is 2.26. The van der Waals surface area contributed by atoms with Crippen molar-refractivity contribution in [3.8, 4) is 0 Å². The van der Waals surface area contributed by atoms with E-state index in [-0.39, 0.29) is 0 Å². The van der Waals surface area contributed by atoms with E-state index < -0.39 is 0 Å². The topological polar surface area (TPSA) is 29.9 Å². The molecule has 1 aromatic heterocycles. The van der Waals surface area contributed by atoms with Gasteiger partial charge in [-0.25, -0.2) is 4.98 Å². The minimum Gasteiger partial charge on any atom is -0.337 e. The molecular weight excluding hydrogens is 210 g/mol. The third kappa shape index (κ3) is 4.15. The van der Waals surface area contributed by atoms with E-state index in [2.05, 4.69) is 21.8 Å². The Bertz CT molecular complexity index is 294. The summed E-state index contributed by atoms with van der Waals surface area (Å²) in [5.41, 5.74) is 0. The van der Waals surface area contributed by atoms with Gasteiger partial charge in [0.1, 0.15) is 0 Å². The van der Waals surface area contributed by atoms with Crippen molar-refractivity contribution in [2.45, 2.75) is 58.0 Å². The summed E-state index contributed by atoms with van der Waals surface area (Å²) in [4.78, 5) is 4.05. The van der Waals surface area contributed by atoms with E-state index in [4.69, 9.17) is 0 Å². The van der Waals surface area contributed by atoms with Gasteiger partial charge in [-0.3, -0.25) is 0 Å². The minimum atomic E-state index is 0.775. The van der Waals surface area contributed by atoms with Crippen LogP contribution in [0.4, 0.5) is 0 Å². The summed E-state index contributed by atoms with van der Waals surface area (Å²) >= 11 is 0. The molecule has 0 bridgehead atoms. The second-order valence-corrected chi connectivity index (χ2v) is 5.25. The first-order chi connectivity index (χ1) is 8.38. The van der Waals surface area contributed by atoms with Gasteiger partial charge >= 0.3 is 0 Å². The van der Waals surface area contributed by atoms with Gasteiger partial charge in [0.15, 0.2) is 0 Å². The van der Waals surface area contributed by atoms with Crippen LogP contribution in [-0.2, 0) is 6.54 Å². The van der Waals surface area contributed by atoms with E-state index >= 15 is 0 Å². The molecule has 1 aliphatic carbocycles. The average molecular weight is 235 g/mol. The van der Waals surface area contributed by atoms with Crippen molar-refractivity contribution in [2.75, 3.05) is 6.54 Å². The van der Waals surface area contributed by atoms with E-state index in [1.54, 1.807) is 0 Å². The third-order valence-electron chi connectivity index (χ3n) is 3.95. The third-order valence-corrected chi connectivity index (χ3v) is 3.95. The van der Waals surface area contributed by atoms with Crippen molar-refractivity contribution >= 4 is 0 Å². The zero-order valence-corrected chi connectivity index (χ0v) is 10.9. The van der Waals surface area contributed by atoms with Crippen LogP contribution < -0.4 is 5.32 Å². The first-order valence-electron chi connectivity index (χ1n) is 7.07. The van der Waals surface area contributed by atoms with Gasteiger partial charge in [0.05, 0.1) is 6.33 Å². The quantitative estimate of drug-likeness (QED) is 0.768. The summed E-state index contributed by atoms with van der Waals surface area (Å²) in [5, 5.41) is 3.71. The molecule has 1 heterocycles. The summed E-state index contributed by atoms with van der Waals surface area (Å²) in [5.74, 6) is 0.967. The molecule has 1 N–H and O–H groups in total. The van der Waals surface area contributed by atoms with Gasteiger partial charge in [0.25, 0.3) is 0 Å². The van der Waals surface area contributed by atoms with Gasteiger partial charge in [0, 0.05) is 25.0 Å². The van der Waals surface area contributed by atoms with Crippen LogP contribution in [0.1, 0.15) is 45.4 Å². The Hall–Kier alpha value is -0.830. The molecular formula is C14H25N3. The molecule has 0 aromatic carbocycles. The number of imidazole rings is 1. The van der Waals surface area contributed by atoms with Gasteiger partial charge in [0.2, 0.25) is 0 Å². The minimum absolute atomic E-state index is 0.775. The number of rotatable bonds is 6. The lowest BCUT2D eigenvalue weighted by Crippen LogP contribution is -2.34. The highest BCUT2D eigenvalue weighted by atomic mass is 15.0. The molecule has 1 fully saturated rings. The van der Waals surface area contributed by atoms with Crippen LogP contribution in [0.15, 0.2) is 18.7 Å². The molecule has 0 aliphatic heterocycles. The Morgan fingerprint density at radius 2 is 2.35 bits per heavy atom. The number of aromatic nitrogens is 2. The Morgan fingerprint density at radius 3 is 3.12 bits per heavy atom. The van der Waals surface area contributed by atoms with Gasteiger partial charge in [-0.15, -0.1) is 0 Å². The van der Waals surface area contributed by atoms with Crippen molar-refractivity contribution in [2.24, 2.45) is 5.92 Å². The SMILES string of the molecule is CCC1CCCC(NCCCn2ccnc2)C1. The Balaban J connectivity index is 1.58. The van der Waals surface area contributed by atoms with Crippen molar-refractivity contribution in [1.29, 1.82) is 0 Å². The highest BCUT2D eigenvalue weighted by Gasteiger charge is 2.19. The van der Waals surface area contributed by atoms with Crippen LogP contribution in [0.3, 0.4) is 0 Å². The lowest BCUT2D eigenvalue weighted by molar-refractivity contribution is 0.278. The summed E-state index contributed by atoms with van der Waals surface area (Å²) in [6.07, 6.45) is 14.0. The van der Waals surface area contributed by atoms with E-state index in [9.17, 15) is 0 Å². The first kappa shape index (κ1) is 12.6. The molecule has 2 rings (SSSR count). The maximum atomic E-state index is 4.05. The van der Waals surface area contributed by atoms with Gasteiger partial charge in [-0.2, -0.15) is 0 Å². The van der Waals surface area contributed by atoms with Crippen molar-refractivity contribution in [3.63, 3.8) is 0 Å². The molecule has 2 atom stereocenters. The lowest BCUT2D eigenvalue weighted by atomic mass is 9.84. The van der Waals surface area contributed by atoms with Crippen LogP contribution in [0.2, 0.25) is 0 Å². The predicted octanol–water partition coefficient (Wildman–Crippen LogP) is 2.83. The molecule has 0 spiro atoms. The average Bonchev–Trinajstić information content (AvgIpc) is 2.88. The summed E-state index contributed by atoms with van der Waals surface area (Å²) in [6, 6.07) is 0.775.